The van der Waals surface area contributed by atoms with Crippen LogP contribution in [0.2, 0.25) is 0 Å². The standard InChI is InChI=1S/C10H12O4/c1-7-9(10(12)13-2)6-8(14-7)4-3-5-11/h3-4,6,11H,5H2,1-2H3/b4-3+. The third kappa shape index (κ3) is 2.23. The predicted molar refractivity (Wildman–Crippen MR) is 50.9 cm³/mol. The molecule has 4 nitrogen and oxygen atoms in total. The van der Waals surface area contributed by atoms with E-state index < -0.39 is 5.97 Å². The van der Waals surface area contributed by atoms with E-state index in [0.717, 1.165) is 0 Å². The highest BCUT2D eigenvalue weighted by Crippen LogP contribution is 2.16. The molecule has 0 aliphatic rings. The van der Waals surface area contributed by atoms with E-state index in [2.05, 4.69) is 4.74 Å². The highest BCUT2D eigenvalue weighted by atomic mass is 16.5. The Bertz CT molecular complexity index is 349. The molecule has 0 radical (unpaired) electrons. The third-order valence-corrected chi connectivity index (χ3v) is 1.73. The highest BCUT2D eigenvalue weighted by molar-refractivity contribution is 5.90. The van der Waals surface area contributed by atoms with Crippen molar-refractivity contribution in [2.75, 3.05) is 13.7 Å². The third-order valence-electron chi connectivity index (χ3n) is 1.73. The molecule has 0 saturated carbocycles. The van der Waals surface area contributed by atoms with E-state index in [1.54, 1.807) is 19.1 Å². The number of aliphatic hydroxyl groups is 1. The number of rotatable bonds is 3. The van der Waals surface area contributed by atoms with Gasteiger partial charge in [-0.25, -0.2) is 4.79 Å². The Morgan fingerprint density at radius 1 is 1.71 bits per heavy atom. The van der Waals surface area contributed by atoms with Gasteiger partial charge in [0.15, 0.2) is 0 Å². The fraction of sp³-hybridized carbons (Fsp3) is 0.300. The van der Waals surface area contributed by atoms with Crippen LogP contribution < -0.4 is 0 Å². The van der Waals surface area contributed by atoms with Gasteiger partial charge in [-0.1, -0.05) is 6.08 Å². The van der Waals surface area contributed by atoms with Gasteiger partial charge in [0.1, 0.15) is 17.1 Å². The van der Waals surface area contributed by atoms with Crippen LogP contribution in [0.5, 0.6) is 0 Å². The zero-order chi connectivity index (χ0) is 10.6. The summed E-state index contributed by atoms with van der Waals surface area (Å²) in [5.74, 6) is 0.612. The molecule has 0 amide bonds. The molecule has 0 saturated heterocycles. The van der Waals surface area contributed by atoms with Gasteiger partial charge in [-0.2, -0.15) is 0 Å². The van der Waals surface area contributed by atoms with Crippen LogP contribution in [-0.4, -0.2) is 24.8 Å². The van der Waals surface area contributed by atoms with Crippen LogP contribution in [0.4, 0.5) is 0 Å². The van der Waals surface area contributed by atoms with E-state index in [0.29, 0.717) is 17.1 Å². The molecule has 1 rings (SSSR count). The Labute approximate surface area is 81.8 Å². The molecule has 4 heteroatoms. The summed E-state index contributed by atoms with van der Waals surface area (Å²) in [6.45, 7) is 1.62. The molecule has 0 aliphatic heterocycles. The quantitative estimate of drug-likeness (QED) is 0.742. The summed E-state index contributed by atoms with van der Waals surface area (Å²) in [6, 6.07) is 1.58. The molecule has 0 aliphatic carbocycles. The van der Waals surface area contributed by atoms with E-state index in [9.17, 15) is 4.79 Å². The molecule has 0 fully saturated rings. The predicted octanol–water partition coefficient (Wildman–Crippen LogP) is 1.38. The number of furan rings is 1. The largest absolute Gasteiger partial charge is 0.465 e. The van der Waals surface area contributed by atoms with Crippen LogP contribution in [0.1, 0.15) is 21.9 Å². The van der Waals surface area contributed by atoms with Crippen LogP contribution >= 0.6 is 0 Å². The second-order valence-electron chi connectivity index (χ2n) is 2.70. The van der Waals surface area contributed by atoms with E-state index in [-0.39, 0.29) is 6.61 Å². The first-order valence-corrected chi connectivity index (χ1v) is 4.15. The summed E-state index contributed by atoms with van der Waals surface area (Å²) in [7, 11) is 1.32. The van der Waals surface area contributed by atoms with Gasteiger partial charge < -0.3 is 14.3 Å². The summed E-state index contributed by atoms with van der Waals surface area (Å²) in [6.07, 6.45) is 3.12. The maximum absolute atomic E-state index is 11.2. The van der Waals surface area contributed by atoms with Gasteiger partial charge in [-0.15, -0.1) is 0 Å². The maximum atomic E-state index is 11.2. The van der Waals surface area contributed by atoms with Gasteiger partial charge in [-0.05, 0) is 19.1 Å². The van der Waals surface area contributed by atoms with Crippen LogP contribution in [0.25, 0.3) is 6.08 Å². The van der Waals surface area contributed by atoms with Crippen molar-refractivity contribution in [2.24, 2.45) is 0 Å². The maximum Gasteiger partial charge on any atom is 0.341 e. The lowest BCUT2D eigenvalue weighted by Gasteiger charge is -1.93. The first kappa shape index (κ1) is 10.5. The fourth-order valence-corrected chi connectivity index (χ4v) is 1.07. The average Bonchev–Trinajstić information content (AvgIpc) is 2.55. The van der Waals surface area contributed by atoms with Crippen molar-refractivity contribution in [1.29, 1.82) is 0 Å². The number of aryl methyl sites for hydroxylation is 1. The molecule has 1 N–H and O–H groups in total. The second kappa shape index (κ2) is 4.62. The molecule has 1 heterocycles. The van der Waals surface area contributed by atoms with E-state index in [1.165, 1.54) is 13.2 Å². The smallest absolute Gasteiger partial charge is 0.341 e. The molecule has 76 valence electrons. The van der Waals surface area contributed by atoms with Crippen LogP contribution in [0.15, 0.2) is 16.6 Å². The number of aliphatic hydroxyl groups excluding tert-OH is 1. The number of carbonyl (C=O) groups is 1. The first-order chi connectivity index (χ1) is 6.69. The molecule has 0 aromatic carbocycles. The van der Waals surface area contributed by atoms with E-state index in [1.807, 2.05) is 0 Å². The van der Waals surface area contributed by atoms with Gasteiger partial charge in [0.2, 0.25) is 0 Å². The monoisotopic (exact) mass is 196 g/mol. The van der Waals surface area contributed by atoms with Gasteiger partial charge >= 0.3 is 5.97 Å². The number of esters is 1. The molecular formula is C10H12O4. The molecule has 1 aromatic heterocycles. The second-order valence-corrected chi connectivity index (χ2v) is 2.70. The van der Waals surface area contributed by atoms with E-state index in [4.69, 9.17) is 9.52 Å². The minimum atomic E-state index is -0.421. The Morgan fingerprint density at radius 2 is 2.43 bits per heavy atom. The number of hydrogen-bond acceptors (Lipinski definition) is 4. The lowest BCUT2D eigenvalue weighted by Crippen LogP contribution is -2.00. The lowest BCUT2D eigenvalue weighted by molar-refractivity contribution is 0.0599. The Kier molecular flexibility index (Phi) is 3.48. The lowest BCUT2D eigenvalue weighted by atomic mass is 10.2. The molecule has 0 atom stereocenters. The highest BCUT2D eigenvalue weighted by Gasteiger charge is 2.13. The SMILES string of the molecule is COC(=O)c1cc(/C=C/CO)oc1C. The van der Waals surface area contributed by atoms with Gasteiger partial charge in [-0.3, -0.25) is 0 Å². The number of methoxy groups -OCH3 is 1. The number of hydrogen-bond donors (Lipinski definition) is 1. The van der Waals surface area contributed by atoms with E-state index >= 15 is 0 Å². The van der Waals surface area contributed by atoms with Crippen molar-refractivity contribution in [3.05, 3.63) is 29.2 Å². The van der Waals surface area contributed by atoms with Crippen molar-refractivity contribution >= 4 is 12.0 Å². The van der Waals surface area contributed by atoms with Crippen molar-refractivity contribution in [2.45, 2.75) is 6.92 Å². The molecule has 0 unspecified atom stereocenters. The summed E-state index contributed by atoms with van der Waals surface area (Å²) in [5, 5.41) is 8.54. The van der Waals surface area contributed by atoms with Crippen molar-refractivity contribution in [1.82, 2.24) is 0 Å². The van der Waals surface area contributed by atoms with Crippen molar-refractivity contribution < 1.29 is 19.1 Å². The Balaban J connectivity index is 2.93. The van der Waals surface area contributed by atoms with Crippen LogP contribution in [-0.2, 0) is 4.74 Å². The van der Waals surface area contributed by atoms with Crippen molar-refractivity contribution in [3.63, 3.8) is 0 Å². The normalized spacial score (nSPS) is 10.8. The number of carbonyl (C=O) groups excluding carboxylic acids is 1. The zero-order valence-electron chi connectivity index (χ0n) is 8.11. The van der Waals surface area contributed by atoms with Crippen LogP contribution in [0.3, 0.4) is 0 Å². The summed E-state index contributed by atoms with van der Waals surface area (Å²) in [5.41, 5.74) is 0.407. The molecule has 14 heavy (non-hydrogen) atoms. The summed E-state index contributed by atoms with van der Waals surface area (Å²) in [4.78, 5) is 11.2. The summed E-state index contributed by atoms with van der Waals surface area (Å²) >= 11 is 0. The fourth-order valence-electron chi connectivity index (χ4n) is 1.07. The summed E-state index contributed by atoms with van der Waals surface area (Å²) < 4.78 is 9.80. The average molecular weight is 196 g/mol. The van der Waals surface area contributed by atoms with Gasteiger partial charge in [0.05, 0.1) is 13.7 Å². The van der Waals surface area contributed by atoms with Crippen molar-refractivity contribution in [3.8, 4) is 0 Å². The Morgan fingerprint density at radius 3 is 3.00 bits per heavy atom. The Hall–Kier alpha value is -1.55. The molecule has 0 spiro atoms. The zero-order valence-corrected chi connectivity index (χ0v) is 8.11. The van der Waals surface area contributed by atoms with Gasteiger partial charge in [0, 0.05) is 0 Å². The van der Waals surface area contributed by atoms with Crippen LogP contribution in [0, 0.1) is 6.92 Å². The number of ether oxygens (including phenoxy) is 1. The molecular weight excluding hydrogens is 184 g/mol. The molecule has 0 bridgehead atoms. The molecule has 1 aromatic rings. The minimum Gasteiger partial charge on any atom is -0.465 e. The topological polar surface area (TPSA) is 59.7 Å². The first-order valence-electron chi connectivity index (χ1n) is 4.15. The minimum absolute atomic E-state index is 0.0622. The van der Waals surface area contributed by atoms with Gasteiger partial charge in [0.25, 0.3) is 0 Å².